The first-order valence-corrected chi connectivity index (χ1v) is 8.41. The molecule has 0 bridgehead atoms. The monoisotopic (exact) mass is 373 g/mol. The van der Waals surface area contributed by atoms with E-state index in [1.165, 1.54) is 23.7 Å². The van der Waals surface area contributed by atoms with Crippen LogP contribution < -0.4 is 10.1 Å². The molecule has 3 nitrogen and oxygen atoms in total. The van der Waals surface area contributed by atoms with E-state index in [9.17, 15) is 4.79 Å². The second kappa shape index (κ2) is 7.72. The molecule has 0 saturated heterocycles. The number of ether oxygens (including phenoxy) is 1. The Labute approximate surface area is 128 Å². The van der Waals surface area contributed by atoms with Gasteiger partial charge in [-0.2, -0.15) is 0 Å². The molecule has 19 heavy (non-hydrogen) atoms. The smallest absolute Gasteiger partial charge is 0.231 e. The van der Waals surface area contributed by atoms with E-state index in [0.29, 0.717) is 6.61 Å². The maximum Gasteiger partial charge on any atom is 0.231 e. The molecular formula is C15H20INO2. The normalized spacial score (nSPS) is 16.8. The lowest BCUT2D eigenvalue weighted by atomic mass is 10.0. The number of carbonyl (C=O) groups is 1. The molecule has 0 aromatic heterocycles. The summed E-state index contributed by atoms with van der Waals surface area (Å²) in [7, 11) is 0. The van der Waals surface area contributed by atoms with Gasteiger partial charge in [-0.15, -0.1) is 0 Å². The van der Waals surface area contributed by atoms with Gasteiger partial charge in [-0.25, -0.2) is 0 Å². The van der Waals surface area contributed by atoms with E-state index in [1.54, 1.807) is 0 Å². The molecule has 0 radical (unpaired) electrons. The van der Waals surface area contributed by atoms with Crippen molar-refractivity contribution >= 4 is 28.5 Å². The number of para-hydroxylation sites is 1. The van der Waals surface area contributed by atoms with Crippen molar-refractivity contribution in [3.63, 3.8) is 0 Å². The van der Waals surface area contributed by atoms with Crippen molar-refractivity contribution in [2.75, 3.05) is 17.6 Å². The van der Waals surface area contributed by atoms with Crippen LogP contribution in [0.2, 0.25) is 0 Å². The Morgan fingerprint density at radius 1 is 1.26 bits per heavy atom. The highest BCUT2D eigenvalue weighted by Crippen LogP contribution is 2.33. The predicted octanol–water partition coefficient (Wildman–Crippen LogP) is 3.27. The molecule has 1 unspecified atom stereocenters. The van der Waals surface area contributed by atoms with Crippen LogP contribution in [0.3, 0.4) is 0 Å². The fourth-order valence-electron chi connectivity index (χ4n) is 2.29. The Morgan fingerprint density at radius 3 is 2.89 bits per heavy atom. The second-order valence-electron chi connectivity index (χ2n) is 4.80. The third-order valence-electron chi connectivity index (χ3n) is 3.38. The first-order valence-electron chi connectivity index (χ1n) is 6.88. The Hall–Kier alpha value is -0.780. The SMILES string of the molecule is O=C(NCCCCCCI)C1COc2ccccc21. The number of halogens is 1. The fraction of sp³-hybridized carbons (Fsp3) is 0.533. The second-order valence-corrected chi connectivity index (χ2v) is 5.87. The highest BCUT2D eigenvalue weighted by molar-refractivity contribution is 14.1. The minimum absolute atomic E-state index is 0.0961. The number of hydrogen-bond donors (Lipinski definition) is 1. The number of unbranched alkanes of at least 4 members (excludes halogenated alkanes) is 3. The Morgan fingerprint density at radius 2 is 2.05 bits per heavy atom. The molecule has 0 spiro atoms. The predicted molar refractivity (Wildman–Crippen MR) is 85.0 cm³/mol. The van der Waals surface area contributed by atoms with E-state index in [4.69, 9.17) is 4.74 Å². The standard InChI is InChI=1S/C15H20INO2/c16-9-5-1-2-6-10-17-15(18)13-11-19-14-8-4-3-7-12(13)14/h3-4,7-8,13H,1-2,5-6,9-11H2,(H,17,18). The van der Waals surface area contributed by atoms with Crippen molar-refractivity contribution in [3.8, 4) is 5.75 Å². The average molecular weight is 373 g/mol. The largest absolute Gasteiger partial charge is 0.492 e. The first-order chi connectivity index (χ1) is 9.33. The molecule has 0 fully saturated rings. The molecule has 0 aliphatic carbocycles. The van der Waals surface area contributed by atoms with Crippen LogP contribution in [0.1, 0.15) is 37.2 Å². The molecule has 104 valence electrons. The Bertz CT molecular complexity index is 422. The summed E-state index contributed by atoms with van der Waals surface area (Å²) in [6.45, 7) is 1.25. The van der Waals surface area contributed by atoms with Crippen LogP contribution >= 0.6 is 22.6 Å². The van der Waals surface area contributed by atoms with Gasteiger partial charge in [0.15, 0.2) is 0 Å². The summed E-state index contributed by atoms with van der Waals surface area (Å²) < 4.78 is 6.75. The molecule has 0 saturated carbocycles. The molecule has 1 amide bonds. The molecule has 1 aromatic carbocycles. The minimum atomic E-state index is -0.134. The zero-order chi connectivity index (χ0) is 13.5. The number of rotatable bonds is 7. The van der Waals surface area contributed by atoms with Gasteiger partial charge in [0.25, 0.3) is 0 Å². The van der Waals surface area contributed by atoms with Crippen LogP contribution in [-0.4, -0.2) is 23.5 Å². The van der Waals surface area contributed by atoms with E-state index in [1.807, 2.05) is 24.3 Å². The highest BCUT2D eigenvalue weighted by atomic mass is 127. The number of carbonyl (C=O) groups excluding carboxylic acids is 1. The first kappa shape index (κ1) is 14.6. The summed E-state index contributed by atoms with van der Waals surface area (Å²) in [6.07, 6.45) is 4.80. The molecular weight excluding hydrogens is 353 g/mol. The lowest BCUT2D eigenvalue weighted by Crippen LogP contribution is -2.30. The van der Waals surface area contributed by atoms with E-state index in [2.05, 4.69) is 27.9 Å². The van der Waals surface area contributed by atoms with Gasteiger partial charge in [-0.05, 0) is 23.3 Å². The molecule has 2 rings (SSSR count). The van der Waals surface area contributed by atoms with Gasteiger partial charge in [0.1, 0.15) is 18.3 Å². The Kier molecular flexibility index (Phi) is 5.94. The zero-order valence-corrected chi connectivity index (χ0v) is 13.2. The average Bonchev–Trinajstić information content (AvgIpc) is 2.86. The molecule has 1 aliphatic heterocycles. The molecule has 1 aliphatic rings. The maximum absolute atomic E-state index is 12.1. The van der Waals surface area contributed by atoms with E-state index >= 15 is 0 Å². The van der Waals surface area contributed by atoms with E-state index < -0.39 is 0 Å². The van der Waals surface area contributed by atoms with Crippen LogP contribution in [0.5, 0.6) is 5.75 Å². The third-order valence-corrected chi connectivity index (χ3v) is 4.14. The quantitative estimate of drug-likeness (QED) is 0.453. The van der Waals surface area contributed by atoms with E-state index in [-0.39, 0.29) is 11.8 Å². The topological polar surface area (TPSA) is 38.3 Å². The Balaban J connectivity index is 1.73. The van der Waals surface area contributed by atoms with Crippen LogP contribution in [0.15, 0.2) is 24.3 Å². The van der Waals surface area contributed by atoms with Crippen molar-refractivity contribution in [2.45, 2.75) is 31.6 Å². The van der Waals surface area contributed by atoms with Crippen molar-refractivity contribution in [1.82, 2.24) is 5.32 Å². The molecule has 1 atom stereocenters. The zero-order valence-electron chi connectivity index (χ0n) is 11.0. The van der Waals surface area contributed by atoms with Gasteiger partial charge in [0.2, 0.25) is 5.91 Å². The number of amides is 1. The molecule has 1 aromatic rings. The van der Waals surface area contributed by atoms with Crippen molar-refractivity contribution in [3.05, 3.63) is 29.8 Å². The number of benzene rings is 1. The number of fused-ring (bicyclic) bond motifs is 1. The van der Waals surface area contributed by atoms with Gasteiger partial charge in [0.05, 0.1) is 0 Å². The highest BCUT2D eigenvalue weighted by Gasteiger charge is 2.29. The van der Waals surface area contributed by atoms with Gasteiger partial charge in [0, 0.05) is 12.1 Å². The number of alkyl halides is 1. The summed E-state index contributed by atoms with van der Waals surface area (Å²) in [5.74, 6) is 0.814. The number of nitrogens with one attached hydrogen (secondary N) is 1. The summed E-state index contributed by atoms with van der Waals surface area (Å²) in [5, 5.41) is 3.02. The summed E-state index contributed by atoms with van der Waals surface area (Å²) in [4.78, 5) is 12.1. The molecule has 4 heteroatoms. The van der Waals surface area contributed by atoms with Gasteiger partial charge in [-0.1, -0.05) is 53.6 Å². The summed E-state index contributed by atoms with van der Waals surface area (Å²) in [5.41, 5.74) is 1.02. The van der Waals surface area contributed by atoms with Gasteiger partial charge < -0.3 is 10.1 Å². The fourth-order valence-corrected chi connectivity index (χ4v) is 2.83. The lowest BCUT2D eigenvalue weighted by Gasteiger charge is -2.10. The lowest BCUT2D eigenvalue weighted by molar-refractivity contribution is -0.122. The third kappa shape index (κ3) is 4.09. The van der Waals surface area contributed by atoms with Crippen LogP contribution in [0.4, 0.5) is 0 Å². The van der Waals surface area contributed by atoms with Gasteiger partial charge >= 0.3 is 0 Å². The van der Waals surface area contributed by atoms with Crippen molar-refractivity contribution < 1.29 is 9.53 Å². The maximum atomic E-state index is 12.1. The van der Waals surface area contributed by atoms with E-state index in [0.717, 1.165) is 24.3 Å². The molecule has 1 heterocycles. The minimum Gasteiger partial charge on any atom is -0.492 e. The molecule has 1 N–H and O–H groups in total. The van der Waals surface area contributed by atoms with Crippen molar-refractivity contribution in [2.24, 2.45) is 0 Å². The van der Waals surface area contributed by atoms with Crippen LogP contribution in [0.25, 0.3) is 0 Å². The summed E-state index contributed by atoms with van der Waals surface area (Å²) >= 11 is 2.40. The van der Waals surface area contributed by atoms with Gasteiger partial charge in [-0.3, -0.25) is 4.79 Å². The number of hydrogen-bond acceptors (Lipinski definition) is 2. The van der Waals surface area contributed by atoms with Crippen LogP contribution in [-0.2, 0) is 4.79 Å². The summed E-state index contributed by atoms with van der Waals surface area (Å²) in [6, 6.07) is 7.80. The van der Waals surface area contributed by atoms with Crippen molar-refractivity contribution in [1.29, 1.82) is 0 Å². The van der Waals surface area contributed by atoms with Crippen LogP contribution in [0, 0.1) is 0 Å².